The third kappa shape index (κ3) is 4.73. The quantitative estimate of drug-likeness (QED) is 0.856. The molecule has 0 bridgehead atoms. The molecule has 4 rings (SSSR count). The van der Waals surface area contributed by atoms with Gasteiger partial charge in [0.05, 0.1) is 11.4 Å². The maximum atomic E-state index is 12.6. The molecule has 0 unspecified atom stereocenters. The molecule has 7 nitrogen and oxygen atoms in total. The van der Waals surface area contributed by atoms with Gasteiger partial charge in [-0.3, -0.25) is 19.4 Å². The van der Waals surface area contributed by atoms with Crippen molar-refractivity contribution in [2.75, 3.05) is 39.3 Å². The molecular formula is C20H28N6O. The number of amides is 1. The lowest BCUT2D eigenvalue weighted by Crippen LogP contribution is -2.49. The van der Waals surface area contributed by atoms with Gasteiger partial charge >= 0.3 is 0 Å². The Morgan fingerprint density at radius 3 is 2.81 bits per heavy atom. The van der Waals surface area contributed by atoms with Gasteiger partial charge in [-0.15, -0.1) is 0 Å². The van der Waals surface area contributed by atoms with Crippen LogP contribution in [0.4, 0.5) is 0 Å². The van der Waals surface area contributed by atoms with Crippen molar-refractivity contribution in [2.45, 2.75) is 31.8 Å². The minimum atomic E-state index is 0.156. The highest BCUT2D eigenvalue weighted by atomic mass is 16.2. The first-order valence-electron chi connectivity index (χ1n) is 9.92. The number of rotatable bonds is 5. The van der Waals surface area contributed by atoms with Crippen molar-refractivity contribution in [2.24, 2.45) is 0 Å². The first kappa shape index (κ1) is 18.1. The molecule has 2 aromatic rings. The second kappa shape index (κ2) is 8.63. The normalized spacial score (nSPS) is 21.3. The fourth-order valence-corrected chi connectivity index (χ4v) is 3.90. The van der Waals surface area contributed by atoms with Crippen LogP contribution in [0, 0.1) is 0 Å². The summed E-state index contributed by atoms with van der Waals surface area (Å²) in [5, 5.41) is 8.07. The van der Waals surface area contributed by atoms with E-state index in [0.717, 1.165) is 57.2 Å². The number of hydrogen-bond acceptors (Lipinski definition) is 5. The van der Waals surface area contributed by atoms with Gasteiger partial charge in [0.25, 0.3) is 0 Å². The molecule has 4 heterocycles. The van der Waals surface area contributed by atoms with Crippen LogP contribution in [-0.4, -0.2) is 69.7 Å². The Hall–Kier alpha value is -2.25. The van der Waals surface area contributed by atoms with E-state index in [0.29, 0.717) is 12.5 Å². The summed E-state index contributed by atoms with van der Waals surface area (Å²) in [6.45, 7) is 6.59. The number of nitrogens with zero attached hydrogens (tertiary/aromatic N) is 5. The van der Waals surface area contributed by atoms with E-state index in [-0.39, 0.29) is 5.91 Å². The molecule has 0 aromatic carbocycles. The van der Waals surface area contributed by atoms with Crippen molar-refractivity contribution in [1.82, 2.24) is 29.9 Å². The van der Waals surface area contributed by atoms with Crippen molar-refractivity contribution in [3.63, 3.8) is 0 Å². The largest absolute Gasteiger partial charge is 0.339 e. The first-order chi connectivity index (χ1) is 13.3. The second-order valence-electron chi connectivity index (χ2n) is 7.46. The molecule has 7 heteroatoms. The molecule has 2 fully saturated rings. The number of piperazine rings is 1. The molecule has 0 spiro atoms. The Kier molecular flexibility index (Phi) is 5.79. The van der Waals surface area contributed by atoms with Gasteiger partial charge in [0.2, 0.25) is 5.91 Å². The molecule has 1 atom stereocenters. The molecule has 0 aliphatic carbocycles. The van der Waals surface area contributed by atoms with E-state index >= 15 is 0 Å². The minimum Gasteiger partial charge on any atom is -0.339 e. The summed E-state index contributed by atoms with van der Waals surface area (Å²) in [6, 6.07) is 8.07. The van der Waals surface area contributed by atoms with Gasteiger partial charge in [-0.2, -0.15) is 5.10 Å². The van der Waals surface area contributed by atoms with Gasteiger partial charge < -0.3 is 10.2 Å². The summed E-state index contributed by atoms with van der Waals surface area (Å²) in [5.74, 6) is 0.633. The monoisotopic (exact) mass is 368 g/mol. The summed E-state index contributed by atoms with van der Waals surface area (Å²) in [5.41, 5.74) is 2.19. The van der Waals surface area contributed by atoms with E-state index in [2.05, 4.69) is 32.4 Å². The molecule has 2 saturated heterocycles. The maximum Gasteiger partial charge on any atom is 0.244 e. The van der Waals surface area contributed by atoms with Crippen LogP contribution in [0.3, 0.4) is 0 Å². The predicted octanol–water partition coefficient (Wildman–Crippen LogP) is 1.09. The number of carbonyl (C=O) groups excluding carboxylic acids is 1. The van der Waals surface area contributed by atoms with Crippen LogP contribution in [0.15, 0.2) is 36.7 Å². The first-order valence-corrected chi connectivity index (χ1v) is 9.92. The minimum absolute atomic E-state index is 0.156. The SMILES string of the molecule is O=C(Cn1ccc([C@H]2CCCNC2)n1)N1CCN(Cc2ccccn2)CC1. The summed E-state index contributed by atoms with van der Waals surface area (Å²) in [4.78, 5) is 21.3. The molecule has 1 amide bonds. The Bertz CT molecular complexity index is 732. The lowest BCUT2D eigenvalue weighted by molar-refractivity contribution is -0.133. The maximum absolute atomic E-state index is 12.6. The number of hydrogen-bond donors (Lipinski definition) is 1. The zero-order valence-electron chi connectivity index (χ0n) is 15.8. The number of carbonyl (C=O) groups is 1. The summed E-state index contributed by atoms with van der Waals surface area (Å²) < 4.78 is 1.80. The highest BCUT2D eigenvalue weighted by Gasteiger charge is 2.22. The molecular weight excluding hydrogens is 340 g/mol. The van der Waals surface area contributed by atoms with E-state index in [4.69, 9.17) is 0 Å². The second-order valence-corrected chi connectivity index (χ2v) is 7.46. The number of pyridine rings is 1. The molecule has 2 aliphatic heterocycles. The Balaban J connectivity index is 1.25. The van der Waals surface area contributed by atoms with E-state index in [1.54, 1.807) is 4.68 Å². The van der Waals surface area contributed by atoms with Crippen molar-refractivity contribution >= 4 is 5.91 Å². The average molecular weight is 368 g/mol. The van der Waals surface area contributed by atoms with E-state index < -0.39 is 0 Å². The molecule has 1 N–H and O–H groups in total. The van der Waals surface area contributed by atoms with Gasteiger partial charge in [0.15, 0.2) is 0 Å². The number of nitrogens with one attached hydrogen (secondary N) is 1. The average Bonchev–Trinajstić information content (AvgIpc) is 3.18. The lowest BCUT2D eigenvalue weighted by Gasteiger charge is -2.34. The van der Waals surface area contributed by atoms with Gasteiger partial charge in [-0.05, 0) is 37.6 Å². The van der Waals surface area contributed by atoms with Gasteiger partial charge in [0, 0.05) is 57.6 Å². The van der Waals surface area contributed by atoms with E-state index in [9.17, 15) is 4.79 Å². The van der Waals surface area contributed by atoms with Crippen LogP contribution in [0.1, 0.15) is 30.1 Å². The Labute approximate surface area is 160 Å². The fourth-order valence-electron chi connectivity index (χ4n) is 3.90. The smallest absolute Gasteiger partial charge is 0.244 e. The van der Waals surface area contributed by atoms with Gasteiger partial charge in [-0.25, -0.2) is 0 Å². The molecule has 2 aliphatic rings. The van der Waals surface area contributed by atoms with Crippen molar-refractivity contribution in [3.8, 4) is 0 Å². The lowest BCUT2D eigenvalue weighted by atomic mass is 9.97. The zero-order chi connectivity index (χ0) is 18.5. The summed E-state index contributed by atoms with van der Waals surface area (Å²) in [7, 11) is 0. The predicted molar refractivity (Wildman–Crippen MR) is 103 cm³/mol. The van der Waals surface area contributed by atoms with Crippen LogP contribution in [-0.2, 0) is 17.9 Å². The number of piperidine rings is 1. The fraction of sp³-hybridized carbons (Fsp3) is 0.550. The molecule has 144 valence electrons. The summed E-state index contributed by atoms with van der Waals surface area (Å²) in [6.07, 6.45) is 6.14. The van der Waals surface area contributed by atoms with Crippen molar-refractivity contribution in [1.29, 1.82) is 0 Å². The topological polar surface area (TPSA) is 66.3 Å². The third-order valence-electron chi connectivity index (χ3n) is 5.51. The Morgan fingerprint density at radius 2 is 2.07 bits per heavy atom. The van der Waals surface area contributed by atoms with E-state index in [1.165, 1.54) is 12.8 Å². The van der Waals surface area contributed by atoms with Crippen LogP contribution >= 0.6 is 0 Å². The van der Waals surface area contributed by atoms with Crippen molar-refractivity contribution in [3.05, 3.63) is 48.0 Å². The standard InChI is InChI=1S/C20H28N6O/c27-20(16-26-9-6-19(23-26)17-4-3-7-21-14-17)25-12-10-24(11-13-25)15-18-5-1-2-8-22-18/h1-2,5-6,8-9,17,21H,3-4,7,10-16H2/t17-/m0/s1. The number of aromatic nitrogens is 3. The van der Waals surface area contributed by atoms with Crippen LogP contribution < -0.4 is 5.32 Å². The molecule has 0 radical (unpaired) electrons. The van der Waals surface area contributed by atoms with Gasteiger partial charge in [-0.1, -0.05) is 6.07 Å². The highest BCUT2D eigenvalue weighted by molar-refractivity contribution is 5.76. The highest BCUT2D eigenvalue weighted by Crippen LogP contribution is 2.21. The van der Waals surface area contributed by atoms with Crippen molar-refractivity contribution < 1.29 is 4.79 Å². The molecule has 2 aromatic heterocycles. The van der Waals surface area contributed by atoms with Crippen LogP contribution in [0.2, 0.25) is 0 Å². The zero-order valence-corrected chi connectivity index (χ0v) is 15.8. The molecule has 27 heavy (non-hydrogen) atoms. The third-order valence-corrected chi connectivity index (χ3v) is 5.51. The van der Waals surface area contributed by atoms with Gasteiger partial charge in [0.1, 0.15) is 6.54 Å². The van der Waals surface area contributed by atoms with Crippen LogP contribution in [0.25, 0.3) is 0 Å². The molecule has 0 saturated carbocycles. The van der Waals surface area contributed by atoms with Crippen LogP contribution in [0.5, 0.6) is 0 Å². The Morgan fingerprint density at radius 1 is 1.19 bits per heavy atom. The summed E-state index contributed by atoms with van der Waals surface area (Å²) >= 11 is 0. The van der Waals surface area contributed by atoms with E-state index in [1.807, 2.05) is 29.4 Å².